The van der Waals surface area contributed by atoms with Crippen LogP contribution in [0.2, 0.25) is 0 Å². The summed E-state index contributed by atoms with van der Waals surface area (Å²) in [5.74, 6) is 0.309. The number of aromatic amines is 1. The highest BCUT2D eigenvalue weighted by Crippen LogP contribution is 2.31. The molecular formula is C20H24FN3O2. The maximum atomic E-state index is 13.5. The highest BCUT2D eigenvalue weighted by molar-refractivity contribution is 5.33. The molecule has 0 spiro atoms. The number of nitrogens with one attached hydrogen (secondary N) is 1. The summed E-state index contributed by atoms with van der Waals surface area (Å²) in [6.07, 6.45) is 6.59. The fraction of sp³-hybridized carbons (Fsp3) is 0.500. The SMILES string of the molecule is O=c1[nH]c(C2CCCCC2)nc2c1CN(Cc1cccc(F)c1O)CC2. The van der Waals surface area contributed by atoms with Crippen LogP contribution in [0.5, 0.6) is 5.75 Å². The molecule has 26 heavy (non-hydrogen) atoms. The van der Waals surface area contributed by atoms with Crippen molar-refractivity contribution >= 4 is 0 Å². The number of aromatic nitrogens is 2. The van der Waals surface area contributed by atoms with Gasteiger partial charge in [0.05, 0.1) is 11.3 Å². The lowest BCUT2D eigenvalue weighted by molar-refractivity contribution is 0.237. The molecule has 1 saturated carbocycles. The summed E-state index contributed by atoms with van der Waals surface area (Å²) in [4.78, 5) is 22.5. The minimum atomic E-state index is -0.614. The molecular weight excluding hydrogens is 333 g/mol. The number of phenols is 1. The molecule has 5 nitrogen and oxygen atoms in total. The first-order valence-corrected chi connectivity index (χ1v) is 9.42. The molecule has 4 rings (SSSR count). The third-order valence-corrected chi connectivity index (χ3v) is 5.62. The van der Waals surface area contributed by atoms with Crippen molar-refractivity contribution < 1.29 is 9.50 Å². The average molecular weight is 357 g/mol. The van der Waals surface area contributed by atoms with Crippen molar-refractivity contribution in [2.75, 3.05) is 6.54 Å². The highest BCUT2D eigenvalue weighted by Gasteiger charge is 2.25. The zero-order valence-corrected chi connectivity index (χ0v) is 14.8. The van der Waals surface area contributed by atoms with E-state index in [1.54, 1.807) is 12.1 Å². The van der Waals surface area contributed by atoms with E-state index in [2.05, 4.69) is 4.98 Å². The Balaban J connectivity index is 1.53. The Labute approximate surface area is 151 Å². The van der Waals surface area contributed by atoms with E-state index in [9.17, 15) is 14.3 Å². The standard InChI is InChI=1S/C20H24FN3O2/c21-16-8-4-7-14(18(16)25)11-24-10-9-17-15(12-24)20(26)23-19(22-17)13-5-2-1-3-6-13/h4,7-8,13,25H,1-3,5-6,9-12H2,(H,22,23,26). The summed E-state index contributed by atoms with van der Waals surface area (Å²) >= 11 is 0. The van der Waals surface area contributed by atoms with Gasteiger partial charge in [-0.2, -0.15) is 0 Å². The predicted molar refractivity (Wildman–Crippen MR) is 96.6 cm³/mol. The molecule has 2 aliphatic rings. The fourth-order valence-electron chi connectivity index (χ4n) is 4.13. The quantitative estimate of drug-likeness (QED) is 0.885. The molecule has 0 saturated heterocycles. The van der Waals surface area contributed by atoms with Crippen LogP contribution in [0.25, 0.3) is 0 Å². The maximum Gasteiger partial charge on any atom is 0.255 e. The minimum absolute atomic E-state index is 0.0521. The molecule has 1 aromatic carbocycles. The van der Waals surface area contributed by atoms with Gasteiger partial charge in [-0.05, 0) is 18.9 Å². The number of rotatable bonds is 3. The van der Waals surface area contributed by atoms with Crippen LogP contribution in [0.15, 0.2) is 23.0 Å². The Hall–Kier alpha value is -2.21. The average Bonchev–Trinajstić information content (AvgIpc) is 2.66. The van der Waals surface area contributed by atoms with Gasteiger partial charge in [-0.3, -0.25) is 9.69 Å². The smallest absolute Gasteiger partial charge is 0.255 e. The third-order valence-electron chi connectivity index (χ3n) is 5.62. The number of fused-ring (bicyclic) bond motifs is 1. The largest absolute Gasteiger partial charge is 0.505 e. The van der Waals surface area contributed by atoms with Crippen LogP contribution in [-0.4, -0.2) is 26.5 Å². The van der Waals surface area contributed by atoms with Gasteiger partial charge in [-0.25, -0.2) is 9.37 Å². The van der Waals surface area contributed by atoms with Gasteiger partial charge in [-0.15, -0.1) is 0 Å². The summed E-state index contributed by atoms with van der Waals surface area (Å²) in [7, 11) is 0. The van der Waals surface area contributed by atoms with E-state index in [-0.39, 0.29) is 11.3 Å². The molecule has 1 fully saturated rings. The van der Waals surface area contributed by atoms with Gasteiger partial charge in [0, 0.05) is 37.5 Å². The Kier molecular flexibility index (Phi) is 4.76. The first-order chi connectivity index (χ1) is 12.6. The number of benzene rings is 1. The van der Waals surface area contributed by atoms with Crippen LogP contribution < -0.4 is 5.56 Å². The van der Waals surface area contributed by atoms with Gasteiger partial charge in [0.2, 0.25) is 0 Å². The third kappa shape index (κ3) is 3.38. The summed E-state index contributed by atoms with van der Waals surface area (Å²) in [5, 5.41) is 9.88. The number of aromatic hydroxyl groups is 1. The van der Waals surface area contributed by atoms with E-state index >= 15 is 0 Å². The van der Waals surface area contributed by atoms with Gasteiger partial charge in [0.15, 0.2) is 11.6 Å². The lowest BCUT2D eigenvalue weighted by Crippen LogP contribution is -2.36. The second-order valence-corrected chi connectivity index (χ2v) is 7.42. The van der Waals surface area contributed by atoms with Gasteiger partial charge >= 0.3 is 0 Å². The molecule has 1 aliphatic carbocycles. The van der Waals surface area contributed by atoms with Crippen molar-refractivity contribution in [1.82, 2.24) is 14.9 Å². The maximum absolute atomic E-state index is 13.5. The van der Waals surface area contributed by atoms with Crippen molar-refractivity contribution in [3.8, 4) is 5.75 Å². The molecule has 6 heteroatoms. The second-order valence-electron chi connectivity index (χ2n) is 7.42. The number of nitrogens with zero attached hydrogens (tertiary/aromatic N) is 2. The highest BCUT2D eigenvalue weighted by atomic mass is 19.1. The van der Waals surface area contributed by atoms with E-state index in [0.717, 1.165) is 30.9 Å². The molecule has 0 atom stereocenters. The summed E-state index contributed by atoms with van der Waals surface area (Å²) in [6, 6.07) is 4.54. The van der Waals surface area contributed by atoms with Crippen LogP contribution >= 0.6 is 0 Å². The lowest BCUT2D eigenvalue weighted by Gasteiger charge is -2.29. The molecule has 138 valence electrons. The first kappa shape index (κ1) is 17.2. The molecule has 0 amide bonds. The monoisotopic (exact) mass is 357 g/mol. The molecule has 0 bridgehead atoms. The van der Waals surface area contributed by atoms with Gasteiger partial charge in [0.1, 0.15) is 5.82 Å². The molecule has 0 unspecified atom stereocenters. The second kappa shape index (κ2) is 7.19. The van der Waals surface area contributed by atoms with E-state index in [1.165, 1.54) is 25.3 Å². The van der Waals surface area contributed by atoms with E-state index in [4.69, 9.17) is 4.98 Å². The summed E-state index contributed by atoms with van der Waals surface area (Å²) in [6.45, 7) is 1.62. The fourth-order valence-corrected chi connectivity index (χ4v) is 4.13. The van der Waals surface area contributed by atoms with Crippen LogP contribution in [0.3, 0.4) is 0 Å². The van der Waals surface area contributed by atoms with Crippen LogP contribution in [0, 0.1) is 5.82 Å². The van der Waals surface area contributed by atoms with Gasteiger partial charge < -0.3 is 10.1 Å². The van der Waals surface area contributed by atoms with Gasteiger partial charge in [-0.1, -0.05) is 31.4 Å². The first-order valence-electron chi connectivity index (χ1n) is 9.42. The molecule has 1 aromatic heterocycles. The Morgan fingerprint density at radius 1 is 1.27 bits per heavy atom. The van der Waals surface area contributed by atoms with Crippen molar-refractivity contribution in [2.45, 2.75) is 57.5 Å². The number of phenolic OH excluding ortho intramolecular Hbond substituents is 1. The number of hydrogen-bond acceptors (Lipinski definition) is 4. The topological polar surface area (TPSA) is 69.2 Å². The van der Waals surface area contributed by atoms with Crippen molar-refractivity contribution in [3.05, 3.63) is 57.0 Å². The number of H-pyrrole nitrogens is 1. The Morgan fingerprint density at radius 2 is 2.08 bits per heavy atom. The Morgan fingerprint density at radius 3 is 2.88 bits per heavy atom. The Bertz CT molecular complexity index is 859. The predicted octanol–water partition coefficient (Wildman–Crippen LogP) is 3.22. The summed E-state index contributed by atoms with van der Waals surface area (Å²) in [5.41, 5.74) is 2.08. The van der Waals surface area contributed by atoms with Crippen molar-refractivity contribution in [2.24, 2.45) is 0 Å². The van der Waals surface area contributed by atoms with Crippen LogP contribution in [0.4, 0.5) is 4.39 Å². The van der Waals surface area contributed by atoms with Gasteiger partial charge in [0.25, 0.3) is 5.56 Å². The van der Waals surface area contributed by atoms with Crippen LogP contribution in [0.1, 0.15) is 60.7 Å². The van der Waals surface area contributed by atoms with E-state index in [1.807, 2.05) is 4.90 Å². The zero-order valence-electron chi connectivity index (χ0n) is 14.8. The van der Waals surface area contributed by atoms with Crippen LogP contribution in [-0.2, 0) is 19.5 Å². The number of para-hydroxylation sites is 1. The molecule has 0 radical (unpaired) electrons. The molecule has 1 aliphatic heterocycles. The summed E-state index contributed by atoms with van der Waals surface area (Å²) < 4.78 is 13.5. The molecule has 2 aromatic rings. The number of halogens is 1. The normalized spacial score (nSPS) is 18.7. The van der Waals surface area contributed by atoms with E-state index < -0.39 is 5.82 Å². The number of hydrogen-bond donors (Lipinski definition) is 2. The van der Waals surface area contributed by atoms with E-state index in [0.29, 0.717) is 36.6 Å². The molecule has 2 N–H and O–H groups in total. The van der Waals surface area contributed by atoms with Crippen molar-refractivity contribution in [1.29, 1.82) is 0 Å². The lowest BCUT2D eigenvalue weighted by atomic mass is 9.88. The minimum Gasteiger partial charge on any atom is -0.505 e. The zero-order chi connectivity index (χ0) is 18.1. The molecule has 2 heterocycles. The van der Waals surface area contributed by atoms with Crippen molar-refractivity contribution in [3.63, 3.8) is 0 Å².